The first kappa shape index (κ1) is 12.8. The number of hydrogen-bond donors (Lipinski definition) is 0. The third-order valence-electron chi connectivity index (χ3n) is 2.83. The highest BCUT2D eigenvalue weighted by Gasteiger charge is 2.10. The molecule has 0 N–H and O–H groups in total. The van der Waals surface area contributed by atoms with Gasteiger partial charge >= 0.3 is 0 Å². The van der Waals surface area contributed by atoms with Crippen LogP contribution in [0, 0.1) is 6.92 Å². The molecule has 1 rings (SSSR count). The molecule has 0 saturated carbocycles. The van der Waals surface area contributed by atoms with Crippen molar-refractivity contribution in [2.45, 2.75) is 26.7 Å². The summed E-state index contributed by atoms with van der Waals surface area (Å²) in [6, 6.07) is 1.84. The van der Waals surface area contributed by atoms with Crippen LogP contribution in [0.1, 0.15) is 23.6 Å². The third-order valence-corrected chi connectivity index (χ3v) is 2.83. The maximum absolute atomic E-state index is 11.4. The van der Waals surface area contributed by atoms with Gasteiger partial charge < -0.3 is 0 Å². The molecule has 0 heterocycles. The van der Waals surface area contributed by atoms with Crippen LogP contribution in [0.2, 0.25) is 0 Å². The molecule has 0 aliphatic heterocycles. The molecule has 0 amide bonds. The number of rotatable bonds is 4. The van der Waals surface area contributed by atoms with Gasteiger partial charge in [0.1, 0.15) is 15.7 Å². The fraction of sp³-hybridized carbons (Fsp3) is 0.308. The van der Waals surface area contributed by atoms with E-state index in [2.05, 4.69) is 6.58 Å². The van der Waals surface area contributed by atoms with Gasteiger partial charge in [0, 0.05) is 6.42 Å². The van der Waals surface area contributed by atoms with Crippen molar-refractivity contribution in [3.05, 3.63) is 35.4 Å². The average Bonchev–Trinajstić information content (AvgIpc) is 2.26. The van der Waals surface area contributed by atoms with Crippen molar-refractivity contribution in [2.75, 3.05) is 0 Å². The maximum Gasteiger partial charge on any atom is 0.159 e. The molecule has 0 bridgehead atoms. The zero-order valence-electron chi connectivity index (χ0n) is 9.84. The summed E-state index contributed by atoms with van der Waals surface area (Å²) in [6.45, 7) is 7.37. The lowest BCUT2D eigenvalue weighted by atomic mass is 9.75. The van der Waals surface area contributed by atoms with E-state index in [0.717, 1.165) is 23.1 Å². The lowest BCUT2D eigenvalue weighted by Crippen LogP contribution is -2.26. The largest absolute Gasteiger partial charge is 0.295 e. The van der Waals surface area contributed by atoms with Crippen molar-refractivity contribution >= 4 is 32.4 Å². The van der Waals surface area contributed by atoms with Crippen molar-refractivity contribution in [3.63, 3.8) is 0 Å². The Labute approximate surface area is 99.8 Å². The van der Waals surface area contributed by atoms with E-state index in [4.69, 9.17) is 15.7 Å². The molecule has 0 aliphatic rings. The maximum atomic E-state index is 11.4. The zero-order chi connectivity index (χ0) is 12.3. The first-order valence-corrected chi connectivity index (χ1v) is 5.32. The predicted octanol–water partition coefficient (Wildman–Crippen LogP) is 0.443. The van der Waals surface area contributed by atoms with Crippen LogP contribution in [0.25, 0.3) is 0 Å². The van der Waals surface area contributed by atoms with Gasteiger partial charge in [-0.2, -0.15) is 0 Å². The molecule has 16 heavy (non-hydrogen) atoms. The quantitative estimate of drug-likeness (QED) is 0.518. The fourth-order valence-electron chi connectivity index (χ4n) is 1.77. The minimum Gasteiger partial charge on any atom is -0.295 e. The van der Waals surface area contributed by atoms with E-state index in [-0.39, 0.29) is 5.78 Å². The summed E-state index contributed by atoms with van der Waals surface area (Å²) < 4.78 is 0. The topological polar surface area (TPSA) is 17.1 Å². The van der Waals surface area contributed by atoms with Gasteiger partial charge in [-0.1, -0.05) is 41.6 Å². The van der Waals surface area contributed by atoms with E-state index in [9.17, 15) is 4.79 Å². The fourth-order valence-corrected chi connectivity index (χ4v) is 1.77. The lowest BCUT2D eigenvalue weighted by Gasteiger charge is -2.16. The molecule has 0 atom stereocenters. The van der Waals surface area contributed by atoms with Crippen molar-refractivity contribution in [1.29, 1.82) is 0 Å². The third kappa shape index (κ3) is 2.46. The molecular weight excluding hydrogens is 194 g/mol. The molecule has 0 aromatic heterocycles. The first-order chi connectivity index (χ1) is 7.51. The standard InChI is InChI=1S/C13H14B2O/c1-4-10(16)6-9-7-12(14)8(3)13(15)11(9)5-2/h4,7H,1,5-6H2,2-3H3. The smallest absolute Gasteiger partial charge is 0.159 e. The number of ketones is 1. The molecular formula is C13H14B2O. The number of carbonyl (C=O) groups is 1. The van der Waals surface area contributed by atoms with Crippen molar-refractivity contribution < 1.29 is 4.79 Å². The normalized spacial score (nSPS) is 10.1. The monoisotopic (exact) mass is 208 g/mol. The van der Waals surface area contributed by atoms with Gasteiger partial charge in [0.2, 0.25) is 0 Å². The van der Waals surface area contributed by atoms with Crippen LogP contribution < -0.4 is 10.9 Å². The highest BCUT2D eigenvalue weighted by atomic mass is 16.1. The summed E-state index contributed by atoms with van der Waals surface area (Å²) in [6.07, 6.45) is 2.44. The lowest BCUT2D eigenvalue weighted by molar-refractivity contribution is -0.114. The minimum absolute atomic E-state index is 0.0163. The van der Waals surface area contributed by atoms with Crippen LogP contribution in [0.3, 0.4) is 0 Å². The average molecular weight is 208 g/mol. The van der Waals surface area contributed by atoms with E-state index < -0.39 is 0 Å². The highest BCUT2D eigenvalue weighted by Crippen LogP contribution is 2.09. The molecule has 3 heteroatoms. The summed E-state index contributed by atoms with van der Waals surface area (Å²) in [5.74, 6) is -0.0163. The summed E-state index contributed by atoms with van der Waals surface area (Å²) >= 11 is 0. The SMILES string of the molecule is [B]c1cc(CC(=O)C=C)c(CC)c([B])c1C. The van der Waals surface area contributed by atoms with Crippen LogP contribution >= 0.6 is 0 Å². The predicted molar refractivity (Wildman–Crippen MR) is 70.2 cm³/mol. The molecule has 0 aliphatic carbocycles. The van der Waals surface area contributed by atoms with Gasteiger partial charge in [0.25, 0.3) is 0 Å². The van der Waals surface area contributed by atoms with Gasteiger partial charge in [-0.15, -0.1) is 0 Å². The molecule has 1 aromatic carbocycles. The zero-order valence-corrected chi connectivity index (χ0v) is 9.84. The van der Waals surface area contributed by atoms with Crippen LogP contribution in [0.15, 0.2) is 18.7 Å². The molecule has 1 nitrogen and oxygen atoms in total. The van der Waals surface area contributed by atoms with Crippen LogP contribution in [-0.2, 0) is 17.6 Å². The van der Waals surface area contributed by atoms with Crippen molar-refractivity contribution in [1.82, 2.24) is 0 Å². The number of carbonyl (C=O) groups excluding carboxylic acids is 1. The van der Waals surface area contributed by atoms with E-state index in [1.807, 2.05) is 19.9 Å². The number of allylic oxidation sites excluding steroid dienone is 1. The molecule has 0 unspecified atom stereocenters. The Morgan fingerprint density at radius 2 is 2.12 bits per heavy atom. The summed E-state index contributed by atoms with van der Waals surface area (Å²) in [7, 11) is 11.8. The van der Waals surface area contributed by atoms with E-state index in [1.54, 1.807) is 0 Å². The van der Waals surface area contributed by atoms with Gasteiger partial charge in [-0.05, 0) is 25.0 Å². The van der Waals surface area contributed by atoms with Crippen molar-refractivity contribution in [2.24, 2.45) is 0 Å². The Morgan fingerprint density at radius 1 is 1.50 bits per heavy atom. The van der Waals surface area contributed by atoms with Gasteiger partial charge in [-0.25, -0.2) is 0 Å². The Kier molecular flexibility index (Phi) is 4.17. The molecule has 0 fully saturated rings. The molecule has 0 saturated heterocycles. The first-order valence-electron chi connectivity index (χ1n) is 5.32. The molecule has 4 radical (unpaired) electrons. The second kappa shape index (κ2) is 5.20. The number of hydrogen-bond acceptors (Lipinski definition) is 1. The van der Waals surface area contributed by atoms with Gasteiger partial charge in [-0.3, -0.25) is 4.79 Å². The second-order valence-electron chi connectivity index (χ2n) is 3.84. The summed E-state index contributed by atoms with van der Waals surface area (Å²) in [4.78, 5) is 11.4. The molecule has 1 aromatic rings. The summed E-state index contributed by atoms with van der Waals surface area (Å²) in [5.41, 5.74) is 4.16. The highest BCUT2D eigenvalue weighted by molar-refractivity contribution is 6.40. The van der Waals surface area contributed by atoms with Crippen LogP contribution in [0.4, 0.5) is 0 Å². The van der Waals surface area contributed by atoms with Gasteiger partial charge in [0.05, 0.1) is 0 Å². The van der Waals surface area contributed by atoms with E-state index in [1.165, 1.54) is 6.08 Å². The molecule has 78 valence electrons. The van der Waals surface area contributed by atoms with Gasteiger partial charge in [0.15, 0.2) is 5.78 Å². The van der Waals surface area contributed by atoms with E-state index in [0.29, 0.717) is 17.3 Å². The van der Waals surface area contributed by atoms with Crippen molar-refractivity contribution in [3.8, 4) is 0 Å². The Hall–Kier alpha value is -1.24. The number of benzene rings is 1. The van der Waals surface area contributed by atoms with Crippen LogP contribution in [-0.4, -0.2) is 21.5 Å². The Bertz CT molecular complexity index is 436. The Morgan fingerprint density at radius 3 is 2.62 bits per heavy atom. The van der Waals surface area contributed by atoms with E-state index >= 15 is 0 Å². The summed E-state index contributed by atoms with van der Waals surface area (Å²) in [5, 5.41) is 0. The van der Waals surface area contributed by atoms with Crippen LogP contribution in [0.5, 0.6) is 0 Å². The minimum atomic E-state index is -0.0163. The molecule has 0 spiro atoms. The Balaban J connectivity index is 3.27. The second-order valence-corrected chi connectivity index (χ2v) is 3.84.